The lowest BCUT2D eigenvalue weighted by Gasteiger charge is -2.07. The molecule has 1 aromatic carbocycles. The molecular formula is C16H15N3O2. The second kappa shape index (κ2) is 5.66. The molecule has 0 bridgehead atoms. The number of carbonyl (C=O) groups excluding carboxylic acids is 1. The predicted molar refractivity (Wildman–Crippen MR) is 81.7 cm³/mol. The minimum atomic E-state index is -0.161. The number of carbonyl (C=O) groups is 1. The maximum Gasteiger partial charge on any atom is 0.256 e. The number of aromatic amines is 1. The van der Waals surface area contributed by atoms with Crippen LogP contribution in [-0.2, 0) is 0 Å². The summed E-state index contributed by atoms with van der Waals surface area (Å²) < 4.78 is 5.27. The largest absolute Gasteiger partial charge is 0.478 e. The second-order valence-corrected chi connectivity index (χ2v) is 4.52. The van der Waals surface area contributed by atoms with E-state index in [2.05, 4.69) is 15.3 Å². The lowest BCUT2D eigenvalue weighted by Crippen LogP contribution is -2.12. The summed E-state index contributed by atoms with van der Waals surface area (Å²) in [5, 5.41) is 3.74. The van der Waals surface area contributed by atoms with Crippen LogP contribution in [0.3, 0.4) is 0 Å². The number of anilines is 1. The Morgan fingerprint density at radius 3 is 2.95 bits per heavy atom. The maximum absolute atomic E-state index is 12.4. The van der Waals surface area contributed by atoms with Crippen LogP contribution >= 0.6 is 0 Å². The van der Waals surface area contributed by atoms with Crippen LogP contribution in [0.1, 0.15) is 17.3 Å². The zero-order chi connectivity index (χ0) is 14.7. The van der Waals surface area contributed by atoms with E-state index in [0.717, 1.165) is 10.9 Å². The van der Waals surface area contributed by atoms with E-state index in [1.807, 2.05) is 31.3 Å². The topological polar surface area (TPSA) is 67.0 Å². The molecule has 0 aliphatic carbocycles. The highest BCUT2D eigenvalue weighted by Crippen LogP contribution is 2.19. The summed E-state index contributed by atoms with van der Waals surface area (Å²) in [7, 11) is 0. The van der Waals surface area contributed by atoms with E-state index in [1.165, 1.54) is 0 Å². The van der Waals surface area contributed by atoms with Crippen LogP contribution in [0, 0.1) is 0 Å². The number of hydrogen-bond acceptors (Lipinski definition) is 3. The fourth-order valence-corrected chi connectivity index (χ4v) is 2.17. The van der Waals surface area contributed by atoms with Crippen molar-refractivity contribution in [3.8, 4) is 5.88 Å². The first-order valence-corrected chi connectivity index (χ1v) is 6.74. The Kier molecular flexibility index (Phi) is 3.55. The number of nitrogens with one attached hydrogen (secondary N) is 2. The second-order valence-electron chi connectivity index (χ2n) is 4.52. The summed E-state index contributed by atoms with van der Waals surface area (Å²) in [5.74, 6) is 0.384. The zero-order valence-electron chi connectivity index (χ0n) is 11.6. The molecule has 2 N–H and O–H groups in total. The highest BCUT2D eigenvalue weighted by Gasteiger charge is 2.10. The van der Waals surface area contributed by atoms with Gasteiger partial charge in [0, 0.05) is 28.7 Å². The molecule has 0 saturated heterocycles. The molecule has 0 aliphatic heterocycles. The van der Waals surface area contributed by atoms with Crippen molar-refractivity contribution in [2.75, 3.05) is 11.9 Å². The molecule has 2 heterocycles. The summed E-state index contributed by atoms with van der Waals surface area (Å²) in [6, 6.07) is 11.0. The van der Waals surface area contributed by atoms with Gasteiger partial charge in [-0.15, -0.1) is 0 Å². The van der Waals surface area contributed by atoms with Gasteiger partial charge in [0.1, 0.15) is 0 Å². The van der Waals surface area contributed by atoms with Crippen LogP contribution in [0.25, 0.3) is 10.9 Å². The van der Waals surface area contributed by atoms with Crippen LogP contribution in [0.15, 0.2) is 48.8 Å². The summed E-state index contributed by atoms with van der Waals surface area (Å²) in [5.41, 5.74) is 2.20. The van der Waals surface area contributed by atoms with Crippen molar-refractivity contribution < 1.29 is 9.53 Å². The average Bonchev–Trinajstić information content (AvgIpc) is 2.98. The number of amides is 1. The fraction of sp³-hybridized carbons (Fsp3) is 0.125. The molecule has 0 fully saturated rings. The molecule has 0 radical (unpaired) electrons. The van der Waals surface area contributed by atoms with Crippen molar-refractivity contribution in [1.82, 2.24) is 9.97 Å². The summed E-state index contributed by atoms with van der Waals surface area (Å²) >= 11 is 0. The van der Waals surface area contributed by atoms with Crippen molar-refractivity contribution in [2.45, 2.75) is 6.92 Å². The van der Waals surface area contributed by atoms with Gasteiger partial charge in [-0.05, 0) is 31.2 Å². The molecule has 2 aromatic heterocycles. The normalized spacial score (nSPS) is 10.5. The Bertz CT molecular complexity index is 763. The monoisotopic (exact) mass is 281 g/mol. The molecule has 0 unspecified atom stereocenters. The van der Waals surface area contributed by atoms with Gasteiger partial charge in [-0.3, -0.25) is 4.79 Å². The number of pyridine rings is 1. The summed E-state index contributed by atoms with van der Waals surface area (Å²) in [4.78, 5) is 19.6. The predicted octanol–water partition coefficient (Wildman–Crippen LogP) is 3.21. The van der Waals surface area contributed by atoms with E-state index < -0.39 is 0 Å². The molecule has 3 aromatic rings. The van der Waals surface area contributed by atoms with E-state index in [0.29, 0.717) is 23.7 Å². The van der Waals surface area contributed by atoms with Crippen molar-refractivity contribution in [1.29, 1.82) is 0 Å². The molecular weight excluding hydrogens is 266 g/mol. The first-order chi connectivity index (χ1) is 10.3. The number of rotatable bonds is 4. The Morgan fingerprint density at radius 1 is 1.29 bits per heavy atom. The highest BCUT2D eigenvalue weighted by molar-refractivity contribution is 6.12. The van der Waals surface area contributed by atoms with Crippen LogP contribution in [0.5, 0.6) is 5.88 Å². The quantitative estimate of drug-likeness (QED) is 0.771. The average molecular weight is 281 g/mol. The maximum atomic E-state index is 12.4. The third-order valence-electron chi connectivity index (χ3n) is 3.13. The lowest BCUT2D eigenvalue weighted by molar-refractivity contribution is 0.102. The molecule has 5 nitrogen and oxygen atoms in total. The Hall–Kier alpha value is -2.82. The number of ether oxygens (including phenoxy) is 1. The number of fused-ring (bicyclic) bond motifs is 1. The molecule has 3 rings (SSSR count). The van der Waals surface area contributed by atoms with E-state index in [-0.39, 0.29) is 5.91 Å². The first-order valence-electron chi connectivity index (χ1n) is 6.74. The minimum absolute atomic E-state index is 0.161. The molecule has 0 saturated carbocycles. The Labute approximate surface area is 122 Å². The summed E-state index contributed by atoms with van der Waals surface area (Å²) in [6.45, 7) is 2.46. The van der Waals surface area contributed by atoms with Crippen molar-refractivity contribution >= 4 is 22.5 Å². The van der Waals surface area contributed by atoms with E-state index in [4.69, 9.17) is 4.74 Å². The molecule has 106 valence electrons. The van der Waals surface area contributed by atoms with Gasteiger partial charge in [-0.25, -0.2) is 4.98 Å². The van der Waals surface area contributed by atoms with Gasteiger partial charge in [0.2, 0.25) is 5.88 Å². The zero-order valence-corrected chi connectivity index (χ0v) is 11.6. The van der Waals surface area contributed by atoms with Crippen LogP contribution in [-0.4, -0.2) is 22.5 Å². The van der Waals surface area contributed by atoms with E-state index in [9.17, 15) is 4.79 Å². The lowest BCUT2D eigenvalue weighted by atomic mass is 10.1. The van der Waals surface area contributed by atoms with Gasteiger partial charge in [-0.1, -0.05) is 6.07 Å². The van der Waals surface area contributed by atoms with Crippen LogP contribution in [0.2, 0.25) is 0 Å². The van der Waals surface area contributed by atoms with Crippen LogP contribution in [0.4, 0.5) is 5.69 Å². The van der Waals surface area contributed by atoms with Crippen molar-refractivity contribution in [2.24, 2.45) is 0 Å². The standard InChI is InChI=1S/C16H15N3O2/c1-2-21-15-7-6-11(10-18-15)19-16(20)13-4-3-5-14-12(13)8-9-17-14/h3-10,17H,2H2,1H3,(H,19,20). The molecule has 0 atom stereocenters. The molecule has 5 heteroatoms. The molecule has 0 aliphatic rings. The minimum Gasteiger partial charge on any atom is -0.478 e. The van der Waals surface area contributed by atoms with Gasteiger partial charge in [0.15, 0.2) is 0 Å². The highest BCUT2D eigenvalue weighted by atomic mass is 16.5. The molecule has 21 heavy (non-hydrogen) atoms. The number of nitrogens with zero attached hydrogens (tertiary/aromatic N) is 1. The number of benzene rings is 1. The van der Waals surface area contributed by atoms with Crippen molar-refractivity contribution in [3.05, 3.63) is 54.4 Å². The smallest absolute Gasteiger partial charge is 0.256 e. The van der Waals surface area contributed by atoms with Gasteiger partial charge in [-0.2, -0.15) is 0 Å². The summed E-state index contributed by atoms with van der Waals surface area (Å²) in [6.07, 6.45) is 3.40. The van der Waals surface area contributed by atoms with E-state index >= 15 is 0 Å². The number of hydrogen-bond donors (Lipinski definition) is 2. The molecule has 1 amide bonds. The fourth-order valence-electron chi connectivity index (χ4n) is 2.17. The van der Waals surface area contributed by atoms with Crippen molar-refractivity contribution in [3.63, 3.8) is 0 Å². The third kappa shape index (κ3) is 2.72. The van der Waals surface area contributed by atoms with Gasteiger partial charge in [0.05, 0.1) is 18.5 Å². The number of H-pyrrole nitrogens is 1. The Morgan fingerprint density at radius 2 is 2.19 bits per heavy atom. The third-order valence-corrected chi connectivity index (χ3v) is 3.13. The van der Waals surface area contributed by atoms with E-state index in [1.54, 1.807) is 24.4 Å². The van der Waals surface area contributed by atoms with Crippen LogP contribution < -0.4 is 10.1 Å². The van der Waals surface area contributed by atoms with Gasteiger partial charge < -0.3 is 15.0 Å². The SMILES string of the molecule is CCOc1ccc(NC(=O)c2cccc3[nH]ccc23)cn1. The first kappa shape index (κ1) is 13.2. The Balaban J connectivity index is 1.81. The molecule has 0 spiro atoms. The number of aromatic nitrogens is 2. The van der Waals surface area contributed by atoms with Gasteiger partial charge >= 0.3 is 0 Å². The van der Waals surface area contributed by atoms with Gasteiger partial charge in [0.25, 0.3) is 5.91 Å².